The minimum Gasteiger partial charge on any atom is -0.361 e. The Labute approximate surface area is 157 Å². The summed E-state index contributed by atoms with van der Waals surface area (Å²) in [4.78, 5) is 19.5. The van der Waals surface area contributed by atoms with Crippen LogP contribution in [0.15, 0.2) is 67.3 Å². The predicted octanol–water partition coefficient (Wildman–Crippen LogP) is 3.57. The highest BCUT2D eigenvalue weighted by atomic mass is 16.1. The number of anilines is 1. The maximum absolute atomic E-state index is 12.3. The lowest BCUT2D eigenvalue weighted by Crippen LogP contribution is -2.13. The van der Waals surface area contributed by atoms with Crippen molar-refractivity contribution in [1.29, 1.82) is 0 Å². The number of fused-ring (bicyclic) bond motifs is 1. The topological polar surface area (TPSA) is 75.6 Å². The van der Waals surface area contributed by atoms with E-state index in [9.17, 15) is 4.79 Å². The van der Waals surface area contributed by atoms with Gasteiger partial charge < -0.3 is 10.3 Å². The molecule has 27 heavy (non-hydrogen) atoms. The lowest BCUT2D eigenvalue weighted by atomic mass is 10.1. The maximum Gasteiger partial charge on any atom is 0.225 e. The third-order valence-electron chi connectivity index (χ3n) is 4.58. The molecule has 0 radical (unpaired) electrons. The van der Waals surface area contributed by atoms with Gasteiger partial charge in [0.15, 0.2) is 5.82 Å². The van der Waals surface area contributed by atoms with Crippen molar-refractivity contribution in [2.45, 2.75) is 25.8 Å². The Balaban J connectivity index is 1.29. The van der Waals surface area contributed by atoms with Gasteiger partial charge in [0.25, 0.3) is 0 Å². The highest BCUT2D eigenvalue weighted by Gasteiger charge is 2.08. The molecule has 2 N–H and O–H groups in total. The Morgan fingerprint density at radius 3 is 2.81 bits per heavy atom. The van der Waals surface area contributed by atoms with E-state index in [-0.39, 0.29) is 5.91 Å². The van der Waals surface area contributed by atoms with Gasteiger partial charge in [0, 0.05) is 54.7 Å². The first-order chi connectivity index (χ1) is 13.3. The zero-order valence-corrected chi connectivity index (χ0v) is 14.9. The van der Waals surface area contributed by atoms with Crippen molar-refractivity contribution in [2.75, 3.05) is 5.32 Å². The number of pyridine rings is 1. The molecule has 0 spiro atoms. The van der Waals surface area contributed by atoms with Gasteiger partial charge in [0.1, 0.15) is 0 Å². The van der Waals surface area contributed by atoms with Gasteiger partial charge in [0.2, 0.25) is 5.91 Å². The standard InChI is InChI=1S/C21H21N5O/c27-21(6-5-17-15-23-19-4-2-1-3-18(17)19)24-20-10-14-26(25-20)13-9-16-7-11-22-12-8-16/h1-4,7-8,10-12,14-15,23H,5-6,9,13H2,(H,24,25,27). The second kappa shape index (κ2) is 7.86. The second-order valence-electron chi connectivity index (χ2n) is 6.48. The second-order valence-corrected chi connectivity index (χ2v) is 6.48. The number of nitrogens with one attached hydrogen (secondary N) is 2. The Bertz CT molecular complexity index is 1030. The fourth-order valence-corrected chi connectivity index (χ4v) is 3.14. The van der Waals surface area contributed by atoms with Gasteiger partial charge >= 0.3 is 0 Å². The van der Waals surface area contributed by atoms with Crippen molar-refractivity contribution in [3.63, 3.8) is 0 Å². The first-order valence-electron chi connectivity index (χ1n) is 9.05. The number of benzene rings is 1. The summed E-state index contributed by atoms with van der Waals surface area (Å²) < 4.78 is 1.84. The average molecular weight is 359 g/mol. The Morgan fingerprint density at radius 1 is 1.07 bits per heavy atom. The molecule has 0 atom stereocenters. The normalized spacial score (nSPS) is 11.0. The summed E-state index contributed by atoms with van der Waals surface area (Å²) in [5.74, 6) is 0.563. The minimum atomic E-state index is -0.0281. The summed E-state index contributed by atoms with van der Waals surface area (Å²) in [5.41, 5.74) is 3.47. The number of rotatable bonds is 7. The van der Waals surface area contributed by atoms with Crippen molar-refractivity contribution in [3.8, 4) is 0 Å². The highest BCUT2D eigenvalue weighted by Crippen LogP contribution is 2.19. The van der Waals surface area contributed by atoms with Crippen LogP contribution >= 0.6 is 0 Å². The SMILES string of the molecule is O=C(CCc1c[nH]c2ccccc12)Nc1ccn(CCc2ccncc2)n1. The monoisotopic (exact) mass is 359 g/mol. The van der Waals surface area contributed by atoms with Crippen LogP contribution in [0.4, 0.5) is 5.82 Å². The van der Waals surface area contributed by atoms with Crippen molar-refractivity contribution in [1.82, 2.24) is 19.7 Å². The number of amides is 1. The lowest BCUT2D eigenvalue weighted by molar-refractivity contribution is -0.116. The van der Waals surface area contributed by atoms with Gasteiger partial charge in [-0.05, 0) is 42.2 Å². The van der Waals surface area contributed by atoms with Crippen LogP contribution in [0.1, 0.15) is 17.5 Å². The predicted molar refractivity (Wildman–Crippen MR) is 105 cm³/mol. The number of carbonyl (C=O) groups is 1. The number of aromatic nitrogens is 4. The van der Waals surface area contributed by atoms with E-state index in [1.54, 1.807) is 12.4 Å². The zero-order valence-electron chi connectivity index (χ0n) is 14.9. The molecule has 0 saturated carbocycles. The van der Waals surface area contributed by atoms with Crippen LogP contribution < -0.4 is 5.32 Å². The number of nitrogens with zero attached hydrogens (tertiary/aromatic N) is 3. The molecule has 0 bridgehead atoms. The van der Waals surface area contributed by atoms with Crippen LogP contribution in [-0.4, -0.2) is 25.7 Å². The molecule has 0 saturated heterocycles. The van der Waals surface area contributed by atoms with Gasteiger partial charge in [-0.25, -0.2) is 0 Å². The van der Waals surface area contributed by atoms with Crippen molar-refractivity contribution in [3.05, 3.63) is 78.4 Å². The molecule has 0 aliphatic heterocycles. The first kappa shape index (κ1) is 17.0. The number of carbonyl (C=O) groups excluding carboxylic acids is 1. The summed E-state index contributed by atoms with van der Waals surface area (Å²) in [5, 5.41) is 8.47. The first-order valence-corrected chi connectivity index (χ1v) is 9.05. The molecule has 0 aliphatic rings. The summed E-state index contributed by atoms with van der Waals surface area (Å²) in [7, 11) is 0. The molecular weight excluding hydrogens is 338 g/mol. The van der Waals surface area contributed by atoms with Crippen LogP contribution in [0, 0.1) is 0 Å². The van der Waals surface area contributed by atoms with Crippen LogP contribution in [0.5, 0.6) is 0 Å². The van der Waals surface area contributed by atoms with E-state index < -0.39 is 0 Å². The van der Waals surface area contributed by atoms with Gasteiger partial charge in [0.05, 0.1) is 0 Å². The molecule has 0 fully saturated rings. The molecular formula is C21H21N5O. The fourth-order valence-electron chi connectivity index (χ4n) is 3.14. The lowest BCUT2D eigenvalue weighted by Gasteiger charge is -2.03. The van der Waals surface area contributed by atoms with E-state index in [1.165, 1.54) is 10.9 Å². The molecule has 0 unspecified atom stereocenters. The number of H-pyrrole nitrogens is 1. The molecule has 6 heteroatoms. The highest BCUT2D eigenvalue weighted by molar-refractivity contribution is 5.90. The number of aryl methyl sites for hydroxylation is 3. The van der Waals surface area contributed by atoms with Crippen LogP contribution in [0.2, 0.25) is 0 Å². The van der Waals surface area contributed by atoms with Crippen LogP contribution in [0.25, 0.3) is 10.9 Å². The Kier molecular flexibility index (Phi) is 4.96. The van der Waals surface area contributed by atoms with E-state index in [0.29, 0.717) is 18.7 Å². The number of aromatic amines is 1. The van der Waals surface area contributed by atoms with Crippen LogP contribution in [0.3, 0.4) is 0 Å². The third kappa shape index (κ3) is 4.23. The Morgan fingerprint density at radius 2 is 1.93 bits per heavy atom. The third-order valence-corrected chi connectivity index (χ3v) is 4.58. The molecule has 0 aliphatic carbocycles. The number of hydrogen-bond acceptors (Lipinski definition) is 3. The van der Waals surface area contributed by atoms with Gasteiger partial charge in [-0.1, -0.05) is 18.2 Å². The maximum atomic E-state index is 12.3. The molecule has 3 aromatic heterocycles. The molecule has 4 rings (SSSR count). The van der Waals surface area contributed by atoms with Gasteiger partial charge in [-0.2, -0.15) is 5.10 Å². The quantitative estimate of drug-likeness (QED) is 0.530. The molecule has 6 nitrogen and oxygen atoms in total. The van der Waals surface area contributed by atoms with E-state index in [1.807, 2.05) is 53.5 Å². The summed E-state index contributed by atoms with van der Waals surface area (Å²) in [6.07, 6.45) is 9.43. The van der Waals surface area contributed by atoms with Crippen molar-refractivity contribution >= 4 is 22.6 Å². The largest absolute Gasteiger partial charge is 0.361 e. The van der Waals surface area contributed by atoms with Crippen LogP contribution in [-0.2, 0) is 24.2 Å². The molecule has 1 amide bonds. The van der Waals surface area contributed by atoms with E-state index in [4.69, 9.17) is 0 Å². The van der Waals surface area contributed by atoms with E-state index in [2.05, 4.69) is 26.4 Å². The fraction of sp³-hybridized carbons (Fsp3) is 0.190. The molecule has 4 aromatic rings. The van der Waals surface area contributed by atoms with E-state index >= 15 is 0 Å². The average Bonchev–Trinajstić information content (AvgIpc) is 3.32. The molecule has 3 heterocycles. The zero-order chi connectivity index (χ0) is 18.5. The number of para-hydroxylation sites is 1. The number of hydrogen-bond donors (Lipinski definition) is 2. The molecule has 136 valence electrons. The van der Waals surface area contributed by atoms with Crippen molar-refractivity contribution < 1.29 is 4.79 Å². The van der Waals surface area contributed by atoms with Crippen molar-refractivity contribution in [2.24, 2.45) is 0 Å². The Hall–Kier alpha value is -3.41. The van der Waals surface area contributed by atoms with Gasteiger partial charge in [-0.3, -0.25) is 14.5 Å². The minimum absolute atomic E-state index is 0.0281. The van der Waals surface area contributed by atoms with Gasteiger partial charge in [-0.15, -0.1) is 0 Å². The van der Waals surface area contributed by atoms with E-state index in [0.717, 1.165) is 24.0 Å². The molecule has 1 aromatic carbocycles. The summed E-state index contributed by atoms with van der Waals surface area (Å²) >= 11 is 0. The summed E-state index contributed by atoms with van der Waals surface area (Å²) in [6.45, 7) is 0.759. The smallest absolute Gasteiger partial charge is 0.225 e. The summed E-state index contributed by atoms with van der Waals surface area (Å²) in [6, 6.07) is 13.9.